The van der Waals surface area contributed by atoms with Crippen LogP contribution in [0, 0.1) is 0 Å². The molecule has 238 valence electrons. The molecule has 1 heteroatoms. The molecule has 0 atom stereocenters. The first-order valence-electron chi connectivity index (χ1n) is 17.6. The van der Waals surface area contributed by atoms with Crippen molar-refractivity contribution < 1.29 is 0 Å². The van der Waals surface area contributed by atoms with Crippen molar-refractivity contribution in [3.63, 3.8) is 0 Å². The third kappa shape index (κ3) is 4.86. The quantitative estimate of drug-likeness (QED) is 0.180. The monoisotopic (exact) mass is 647 g/mol. The molecule has 0 heterocycles. The van der Waals surface area contributed by atoms with E-state index in [1.54, 1.807) is 0 Å². The molecular formula is C50H33N. The van der Waals surface area contributed by atoms with Crippen molar-refractivity contribution in [2.75, 3.05) is 4.90 Å². The summed E-state index contributed by atoms with van der Waals surface area (Å²) in [5, 5.41) is 12.3. The lowest BCUT2D eigenvalue weighted by Gasteiger charge is -2.29. The van der Waals surface area contributed by atoms with Gasteiger partial charge in [0.2, 0.25) is 0 Å². The van der Waals surface area contributed by atoms with Crippen LogP contribution < -0.4 is 4.90 Å². The van der Waals surface area contributed by atoms with Gasteiger partial charge in [-0.1, -0.05) is 176 Å². The molecule has 1 nitrogen and oxygen atoms in total. The van der Waals surface area contributed by atoms with Gasteiger partial charge in [-0.25, -0.2) is 0 Å². The largest absolute Gasteiger partial charge is 0.309 e. The van der Waals surface area contributed by atoms with E-state index in [-0.39, 0.29) is 0 Å². The van der Waals surface area contributed by atoms with Crippen LogP contribution in [0.5, 0.6) is 0 Å². The Morgan fingerprint density at radius 2 is 0.627 bits per heavy atom. The van der Waals surface area contributed by atoms with Crippen molar-refractivity contribution in [3.05, 3.63) is 200 Å². The minimum Gasteiger partial charge on any atom is -0.309 e. The van der Waals surface area contributed by atoms with Gasteiger partial charge in [0.25, 0.3) is 0 Å². The Kier molecular flexibility index (Phi) is 6.89. The molecule has 0 aliphatic heterocycles. The molecular weight excluding hydrogens is 615 g/mol. The number of anilines is 3. The van der Waals surface area contributed by atoms with Gasteiger partial charge in [-0.05, 0) is 89.6 Å². The van der Waals surface area contributed by atoms with Crippen LogP contribution in [-0.2, 0) is 0 Å². The maximum absolute atomic E-state index is 2.47. The van der Waals surface area contributed by atoms with Crippen LogP contribution in [0.1, 0.15) is 0 Å². The van der Waals surface area contributed by atoms with Gasteiger partial charge >= 0.3 is 0 Å². The molecule has 0 aromatic heterocycles. The minimum absolute atomic E-state index is 1.12. The van der Waals surface area contributed by atoms with E-state index < -0.39 is 0 Å². The van der Waals surface area contributed by atoms with Crippen LogP contribution in [0.2, 0.25) is 0 Å². The first kappa shape index (κ1) is 29.2. The van der Waals surface area contributed by atoms with Crippen molar-refractivity contribution in [2.45, 2.75) is 0 Å². The molecule has 0 radical (unpaired) electrons. The lowest BCUT2D eigenvalue weighted by atomic mass is 9.91. The van der Waals surface area contributed by atoms with Gasteiger partial charge in [0.15, 0.2) is 0 Å². The third-order valence-electron chi connectivity index (χ3n) is 10.4. The average molecular weight is 648 g/mol. The second-order valence-corrected chi connectivity index (χ2v) is 13.3. The Bertz CT molecular complexity index is 2760. The number of nitrogens with zero attached hydrogens (tertiary/aromatic N) is 1. The predicted octanol–water partition coefficient (Wildman–Crippen LogP) is 14.3. The molecule has 0 amide bonds. The smallest absolute Gasteiger partial charge is 0.0540 e. The molecule has 0 saturated heterocycles. The van der Waals surface area contributed by atoms with Gasteiger partial charge in [-0.2, -0.15) is 0 Å². The summed E-state index contributed by atoms with van der Waals surface area (Å²) in [6.45, 7) is 0. The summed E-state index contributed by atoms with van der Waals surface area (Å²) in [5.41, 5.74) is 8.39. The predicted molar refractivity (Wildman–Crippen MR) is 220 cm³/mol. The highest BCUT2D eigenvalue weighted by Gasteiger charge is 2.21. The first-order chi connectivity index (χ1) is 25.3. The fourth-order valence-electron chi connectivity index (χ4n) is 8.07. The van der Waals surface area contributed by atoms with E-state index in [0.717, 1.165) is 17.1 Å². The normalized spacial score (nSPS) is 11.5. The Morgan fingerprint density at radius 3 is 1.16 bits per heavy atom. The molecule has 10 rings (SSSR count). The Labute approximate surface area is 297 Å². The standard InChI is InChI=1S/C50H33N/c1-2-16-37-33-38(28-27-34(37)13-1)51(49-31-29-45(43-21-7-9-23-47(43)49)41-25-11-17-35-14-3-5-19-39(35)41)50-32-30-46(44-22-8-10-24-48(44)50)42-26-12-18-36-15-4-6-20-40(36)42/h1-33H. The second kappa shape index (κ2) is 12.0. The zero-order chi connectivity index (χ0) is 33.7. The SMILES string of the molecule is c1ccc2cc(N(c3ccc(-c4cccc5ccccc45)c4ccccc34)c3ccc(-c4cccc5ccccc45)c4ccccc34)ccc2c1. The van der Waals surface area contributed by atoms with Gasteiger partial charge in [0.1, 0.15) is 0 Å². The summed E-state index contributed by atoms with van der Waals surface area (Å²) in [6.07, 6.45) is 0. The summed E-state index contributed by atoms with van der Waals surface area (Å²) in [4.78, 5) is 2.47. The highest BCUT2D eigenvalue weighted by molar-refractivity contribution is 6.14. The zero-order valence-corrected chi connectivity index (χ0v) is 28.0. The summed E-state index contributed by atoms with van der Waals surface area (Å²) in [6, 6.07) is 73.1. The van der Waals surface area contributed by atoms with Crippen molar-refractivity contribution >= 4 is 70.9 Å². The van der Waals surface area contributed by atoms with Gasteiger partial charge in [-0.3, -0.25) is 0 Å². The topological polar surface area (TPSA) is 3.24 Å². The molecule has 10 aromatic rings. The van der Waals surface area contributed by atoms with E-state index in [2.05, 4.69) is 205 Å². The van der Waals surface area contributed by atoms with Crippen LogP contribution in [0.15, 0.2) is 200 Å². The van der Waals surface area contributed by atoms with Crippen molar-refractivity contribution in [1.82, 2.24) is 0 Å². The van der Waals surface area contributed by atoms with E-state index >= 15 is 0 Å². The average Bonchev–Trinajstić information content (AvgIpc) is 3.20. The van der Waals surface area contributed by atoms with Crippen molar-refractivity contribution in [1.29, 1.82) is 0 Å². The Balaban J connectivity index is 1.25. The van der Waals surface area contributed by atoms with Crippen LogP contribution in [0.25, 0.3) is 76.1 Å². The molecule has 0 saturated carbocycles. The molecule has 0 fully saturated rings. The molecule has 0 unspecified atom stereocenters. The minimum atomic E-state index is 1.12. The molecule has 10 aromatic carbocycles. The van der Waals surface area contributed by atoms with Gasteiger partial charge in [-0.15, -0.1) is 0 Å². The van der Waals surface area contributed by atoms with Gasteiger partial charge < -0.3 is 4.90 Å². The zero-order valence-electron chi connectivity index (χ0n) is 28.0. The number of rotatable bonds is 5. The maximum atomic E-state index is 2.47. The maximum Gasteiger partial charge on any atom is 0.0540 e. The Hall–Kier alpha value is -6.70. The molecule has 0 N–H and O–H groups in total. The third-order valence-corrected chi connectivity index (χ3v) is 10.4. The van der Waals surface area contributed by atoms with Gasteiger partial charge in [0.05, 0.1) is 11.4 Å². The lowest BCUT2D eigenvalue weighted by Crippen LogP contribution is -2.11. The summed E-state index contributed by atoms with van der Waals surface area (Å²) in [5.74, 6) is 0. The highest BCUT2D eigenvalue weighted by atomic mass is 15.1. The number of benzene rings is 10. The van der Waals surface area contributed by atoms with Crippen molar-refractivity contribution in [2.24, 2.45) is 0 Å². The highest BCUT2D eigenvalue weighted by Crippen LogP contribution is 2.47. The van der Waals surface area contributed by atoms with E-state index in [9.17, 15) is 0 Å². The van der Waals surface area contributed by atoms with Crippen LogP contribution in [0.4, 0.5) is 17.1 Å². The molecule has 0 bridgehead atoms. The second-order valence-electron chi connectivity index (χ2n) is 13.3. The molecule has 51 heavy (non-hydrogen) atoms. The molecule has 0 spiro atoms. The number of hydrogen-bond donors (Lipinski definition) is 0. The van der Waals surface area contributed by atoms with Gasteiger partial charge in [0, 0.05) is 16.5 Å². The van der Waals surface area contributed by atoms with Crippen molar-refractivity contribution in [3.8, 4) is 22.3 Å². The van der Waals surface area contributed by atoms with E-state index in [0.29, 0.717) is 0 Å². The number of fused-ring (bicyclic) bond motifs is 5. The van der Waals surface area contributed by atoms with E-state index in [1.807, 2.05) is 0 Å². The fourth-order valence-corrected chi connectivity index (χ4v) is 8.07. The van der Waals surface area contributed by atoms with E-state index in [4.69, 9.17) is 0 Å². The summed E-state index contributed by atoms with van der Waals surface area (Å²) in [7, 11) is 0. The van der Waals surface area contributed by atoms with Crippen LogP contribution in [-0.4, -0.2) is 0 Å². The number of hydrogen-bond acceptors (Lipinski definition) is 1. The summed E-state index contributed by atoms with van der Waals surface area (Å²) < 4.78 is 0. The van der Waals surface area contributed by atoms with Crippen LogP contribution in [0.3, 0.4) is 0 Å². The Morgan fingerprint density at radius 1 is 0.235 bits per heavy atom. The molecule has 0 aliphatic rings. The lowest BCUT2D eigenvalue weighted by molar-refractivity contribution is 1.32. The molecule has 0 aliphatic carbocycles. The first-order valence-corrected chi connectivity index (χ1v) is 17.6. The van der Waals surface area contributed by atoms with E-state index in [1.165, 1.54) is 76.1 Å². The fraction of sp³-hybridized carbons (Fsp3) is 0. The summed E-state index contributed by atoms with van der Waals surface area (Å²) >= 11 is 0. The van der Waals surface area contributed by atoms with Crippen LogP contribution >= 0.6 is 0 Å².